The molecule has 1 aromatic carbocycles. The third-order valence-electron chi connectivity index (χ3n) is 2.87. The highest BCUT2D eigenvalue weighted by Gasteiger charge is 2.13. The van der Waals surface area contributed by atoms with Crippen molar-refractivity contribution < 1.29 is 4.74 Å². The molecule has 1 aromatic rings. The Labute approximate surface area is 120 Å². The lowest BCUT2D eigenvalue weighted by atomic mass is 10.2. The molecule has 0 spiro atoms. The molecule has 0 bridgehead atoms. The number of benzene rings is 1. The third-order valence-corrected chi connectivity index (χ3v) is 4.17. The minimum absolute atomic E-state index is 0.276. The van der Waals surface area contributed by atoms with Crippen LogP contribution in [0.4, 0.5) is 0 Å². The van der Waals surface area contributed by atoms with Crippen molar-refractivity contribution in [2.24, 2.45) is 0 Å². The zero-order valence-corrected chi connectivity index (χ0v) is 13.0. The van der Waals surface area contributed by atoms with Gasteiger partial charge in [0.2, 0.25) is 4.38 Å². The summed E-state index contributed by atoms with van der Waals surface area (Å²) in [5.74, 6) is 0. The topological polar surface area (TPSA) is 9.23 Å². The van der Waals surface area contributed by atoms with Crippen molar-refractivity contribution in [1.82, 2.24) is 0 Å². The fourth-order valence-corrected chi connectivity index (χ4v) is 3.11. The van der Waals surface area contributed by atoms with Gasteiger partial charge in [-0.05, 0) is 37.5 Å². The van der Waals surface area contributed by atoms with E-state index in [-0.39, 0.29) is 6.10 Å². The fraction of sp³-hybridized carbons (Fsp3) is 0.533. The van der Waals surface area contributed by atoms with E-state index in [0.717, 1.165) is 19.3 Å². The minimum Gasteiger partial charge on any atom is -0.475 e. The predicted molar refractivity (Wildman–Crippen MR) is 85.1 cm³/mol. The Kier molecular flexibility index (Phi) is 7.36. The molecule has 2 unspecified atom stereocenters. The van der Waals surface area contributed by atoms with Gasteiger partial charge in [0.05, 0.1) is 6.10 Å². The largest absolute Gasteiger partial charge is 0.475 e. The molecule has 2 atom stereocenters. The first-order valence-corrected chi connectivity index (χ1v) is 7.88. The van der Waals surface area contributed by atoms with E-state index < -0.39 is 0 Å². The molecule has 3 heteroatoms. The summed E-state index contributed by atoms with van der Waals surface area (Å²) in [6.07, 6.45) is 3.52. The van der Waals surface area contributed by atoms with Crippen LogP contribution in [0.3, 0.4) is 0 Å². The van der Waals surface area contributed by atoms with E-state index in [0.29, 0.717) is 9.63 Å². The highest BCUT2D eigenvalue weighted by Crippen LogP contribution is 2.30. The lowest BCUT2D eigenvalue weighted by Gasteiger charge is -2.19. The average Bonchev–Trinajstić information content (AvgIpc) is 2.39. The molecule has 0 amide bonds. The smallest absolute Gasteiger partial charge is 0.220 e. The van der Waals surface area contributed by atoms with Crippen LogP contribution < -0.4 is 0 Å². The van der Waals surface area contributed by atoms with E-state index in [1.165, 1.54) is 5.56 Å². The number of thioether (sulfide) groups is 1. The Morgan fingerprint density at radius 1 is 1.28 bits per heavy atom. The Morgan fingerprint density at radius 3 is 2.50 bits per heavy atom. The number of hydrogen-bond donors (Lipinski definition) is 0. The Morgan fingerprint density at radius 2 is 1.94 bits per heavy atom. The minimum atomic E-state index is 0.276. The maximum absolute atomic E-state index is 5.83. The van der Waals surface area contributed by atoms with Gasteiger partial charge in [-0.25, -0.2) is 0 Å². The molecule has 0 aliphatic carbocycles. The van der Waals surface area contributed by atoms with Gasteiger partial charge in [0.15, 0.2) is 0 Å². The summed E-state index contributed by atoms with van der Waals surface area (Å²) < 4.78 is 6.50. The second kappa shape index (κ2) is 8.54. The van der Waals surface area contributed by atoms with Gasteiger partial charge in [-0.1, -0.05) is 62.4 Å². The zero-order valence-electron chi connectivity index (χ0n) is 11.4. The molecule has 0 aliphatic rings. The van der Waals surface area contributed by atoms with E-state index >= 15 is 0 Å². The Hall–Kier alpha value is -0.540. The molecule has 0 saturated carbocycles. The highest BCUT2D eigenvalue weighted by molar-refractivity contribution is 8.22. The number of hydrogen-bond acceptors (Lipinski definition) is 3. The van der Waals surface area contributed by atoms with Crippen molar-refractivity contribution in [2.45, 2.75) is 51.4 Å². The summed E-state index contributed by atoms with van der Waals surface area (Å²) in [6.45, 7) is 6.49. The van der Waals surface area contributed by atoms with Gasteiger partial charge in [0, 0.05) is 5.25 Å². The second-order valence-corrected chi connectivity index (χ2v) is 6.30. The first-order valence-electron chi connectivity index (χ1n) is 6.59. The lowest BCUT2D eigenvalue weighted by Crippen LogP contribution is -2.14. The maximum atomic E-state index is 5.83. The van der Waals surface area contributed by atoms with Gasteiger partial charge in [0.1, 0.15) is 0 Å². The van der Waals surface area contributed by atoms with Crippen LogP contribution in [0.25, 0.3) is 0 Å². The van der Waals surface area contributed by atoms with Crippen LogP contribution in [0.5, 0.6) is 0 Å². The first-order chi connectivity index (χ1) is 8.67. The van der Waals surface area contributed by atoms with E-state index in [1.54, 1.807) is 11.8 Å². The van der Waals surface area contributed by atoms with E-state index in [1.807, 2.05) is 6.07 Å². The van der Waals surface area contributed by atoms with Crippen molar-refractivity contribution >= 4 is 28.4 Å². The van der Waals surface area contributed by atoms with Crippen LogP contribution in [0.15, 0.2) is 30.3 Å². The molecule has 0 heterocycles. The highest BCUT2D eigenvalue weighted by atomic mass is 32.2. The summed E-state index contributed by atoms with van der Waals surface area (Å²) in [7, 11) is 0. The predicted octanol–water partition coefficient (Wildman–Crippen LogP) is 5.36. The summed E-state index contributed by atoms with van der Waals surface area (Å²) in [5.41, 5.74) is 1.29. The van der Waals surface area contributed by atoms with Gasteiger partial charge in [-0.15, -0.1) is 0 Å². The Balaban J connectivity index is 2.44. The van der Waals surface area contributed by atoms with Crippen LogP contribution >= 0.6 is 24.0 Å². The lowest BCUT2D eigenvalue weighted by molar-refractivity contribution is 0.184. The van der Waals surface area contributed by atoms with Crippen molar-refractivity contribution in [2.75, 3.05) is 0 Å². The van der Waals surface area contributed by atoms with Gasteiger partial charge in [-0.2, -0.15) is 0 Å². The molecule has 1 rings (SSSR count). The number of thiocarbonyl (C=S) groups is 1. The Bertz CT molecular complexity index is 351. The summed E-state index contributed by atoms with van der Waals surface area (Å²) >= 11 is 6.96. The SMILES string of the molecule is CCCC(CC)OC(=S)SC(C)c1ccccc1. The molecule has 0 aromatic heterocycles. The van der Waals surface area contributed by atoms with Gasteiger partial charge < -0.3 is 4.74 Å². The average molecular weight is 282 g/mol. The summed E-state index contributed by atoms with van der Waals surface area (Å²) in [5, 5.41) is 0.345. The second-order valence-electron chi connectivity index (χ2n) is 4.36. The molecule has 0 N–H and O–H groups in total. The monoisotopic (exact) mass is 282 g/mol. The summed E-state index contributed by atoms with van der Waals surface area (Å²) in [6, 6.07) is 10.4. The molecule has 18 heavy (non-hydrogen) atoms. The van der Waals surface area contributed by atoms with Crippen LogP contribution in [0.2, 0.25) is 0 Å². The molecular weight excluding hydrogens is 260 g/mol. The quantitative estimate of drug-likeness (QED) is 0.650. The third kappa shape index (κ3) is 5.40. The zero-order chi connectivity index (χ0) is 13.4. The van der Waals surface area contributed by atoms with E-state index in [4.69, 9.17) is 17.0 Å². The van der Waals surface area contributed by atoms with Crippen molar-refractivity contribution in [3.05, 3.63) is 35.9 Å². The van der Waals surface area contributed by atoms with Crippen LogP contribution in [0, 0.1) is 0 Å². The van der Waals surface area contributed by atoms with Gasteiger partial charge >= 0.3 is 0 Å². The van der Waals surface area contributed by atoms with Crippen molar-refractivity contribution in [3.8, 4) is 0 Å². The fourth-order valence-electron chi connectivity index (χ4n) is 1.77. The van der Waals surface area contributed by atoms with Crippen molar-refractivity contribution in [1.29, 1.82) is 0 Å². The van der Waals surface area contributed by atoms with Gasteiger partial charge in [-0.3, -0.25) is 0 Å². The molecule has 0 radical (unpaired) electrons. The molecule has 1 nitrogen and oxygen atoms in total. The van der Waals surface area contributed by atoms with E-state index in [2.05, 4.69) is 45.0 Å². The molecule has 0 aliphatic heterocycles. The molecule has 0 fully saturated rings. The normalized spacial score (nSPS) is 13.9. The molecule has 100 valence electrons. The first kappa shape index (κ1) is 15.5. The summed E-state index contributed by atoms with van der Waals surface area (Å²) in [4.78, 5) is 0. The van der Waals surface area contributed by atoms with Crippen LogP contribution in [-0.2, 0) is 4.74 Å². The van der Waals surface area contributed by atoms with E-state index in [9.17, 15) is 0 Å². The van der Waals surface area contributed by atoms with Crippen molar-refractivity contribution in [3.63, 3.8) is 0 Å². The van der Waals surface area contributed by atoms with Gasteiger partial charge in [0.25, 0.3) is 0 Å². The molecule has 0 saturated heterocycles. The number of rotatable bonds is 6. The standard InChI is InChI=1S/C15H22OS2/c1-4-9-14(5-2)16-15(17)18-12(3)13-10-7-6-8-11-13/h6-8,10-12,14H,4-5,9H2,1-3H3. The molecular formula is C15H22OS2. The van der Waals surface area contributed by atoms with Crippen LogP contribution in [0.1, 0.15) is 50.8 Å². The van der Waals surface area contributed by atoms with Crippen LogP contribution in [-0.4, -0.2) is 10.5 Å². The number of ether oxygens (including phenoxy) is 1. The maximum Gasteiger partial charge on any atom is 0.220 e.